The highest BCUT2D eigenvalue weighted by atomic mass is 16.4. The molecule has 2 rings (SSSR count). The highest BCUT2D eigenvalue weighted by Gasteiger charge is 2.15. The molecule has 1 aromatic heterocycles. The summed E-state index contributed by atoms with van der Waals surface area (Å²) < 4.78 is 5.55. The number of hydrogen-bond acceptors (Lipinski definition) is 5. The molecule has 0 aliphatic rings. The summed E-state index contributed by atoms with van der Waals surface area (Å²) in [6.45, 7) is 2.16. The Morgan fingerprint density at radius 2 is 2.00 bits per heavy atom. The van der Waals surface area contributed by atoms with Crippen molar-refractivity contribution >= 4 is 5.91 Å². The number of rotatable bonds is 5. The largest absolute Gasteiger partial charge is 0.419 e. The van der Waals surface area contributed by atoms with Gasteiger partial charge in [0.2, 0.25) is 17.7 Å². The summed E-state index contributed by atoms with van der Waals surface area (Å²) in [7, 11) is 3.45. The summed E-state index contributed by atoms with van der Waals surface area (Å²) in [5.41, 5.74) is 0.878. The van der Waals surface area contributed by atoms with Gasteiger partial charge < -0.3 is 9.32 Å². The van der Waals surface area contributed by atoms with Crippen LogP contribution in [0.2, 0.25) is 0 Å². The van der Waals surface area contributed by atoms with E-state index in [4.69, 9.17) is 4.42 Å². The average Bonchev–Trinajstić information content (AvgIpc) is 2.93. The molecule has 0 bridgehead atoms. The lowest BCUT2D eigenvalue weighted by atomic mass is 10.2. The van der Waals surface area contributed by atoms with Crippen LogP contribution in [0.4, 0.5) is 0 Å². The first kappa shape index (κ1) is 14.2. The Kier molecular flexibility index (Phi) is 4.47. The third-order valence-corrected chi connectivity index (χ3v) is 2.86. The van der Waals surface area contributed by atoms with Gasteiger partial charge in [0.15, 0.2) is 0 Å². The smallest absolute Gasteiger partial charge is 0.247 e. The minimum absolute atomic E-state index is 0.00722. The van der Waals surface area contributed by atoms with Crippen molar-refractivity contribution in [3.8, 4) is 11.5 Å². The van der Waals surface area contributed by atoms with Gasteiger partial charge in [0.25, 0.3) is 0 Å². The number of aromatic nitrogens is 2. The Morgan fingerprint density at radius 3 is 2.65 bits per heavy atom. The number of hydrogen-bond donors (Lipinski definition) is 1. The first-order valence-electron chi connectivity index (χ1n) is 6.40. The molecule has 1 amide bonds. The Balaban J connectivity index is 1.95. The number of benzene rings is 1. The zero-order chi connectivity index (χ0) is 14.5. The van der Waals surface area contributed by atoms with Crippen LogP contribution in [0, 0.1) is 0 Å². The maximum atomic E-state index is 11.7. The molecule has 106 valence electrons. The van der Waals surface area contributed by atoms with E-state index in [2.05, 4.69) is 15.5 Å². The van der Waals surface area contributed by atoms with E-state index >= 15 is 0 Å². The second-order valence-corrected chi connectivity index (χ2v) is 4.70. The lowest BCUT2D eigenvalue weighted by Gasteiger charge is -2.16. The lowest BCUT2D eigenvalue weighted by molar-refractivity contribution is -0.130. The Bertz CT molecular complexity index is 566. The van der Waals surface area contributed by atoms with Crippen LogP contribution >= 0.6 is 0 Å². The number of amides is 1. The molecule has 0 saturated carbocycles. The van der Waals surface area contributed by atoms with Crippen molar-refractivity contribution in [3.05, 3.63) is 36.2 Å². The van der Waals surface area contributed by atoms with Crippen molar-refractivity contribution in [3.63, 3.8) is 0 Å². The fraction of sp³-hybridized carbons (Fsp3) is 0.357. The third kappa shape index (κ3) is 3.42. The summed E-state index contributed by atoms with van der Waals surface area (Å²) in [6.07, 6.45) is 0. The van der Waals surface area contributed by atoms with E-state index in [-0.39, 0.29) is 11.9 Å². The van der Waals surface area contributed by atoms with Crippen molar-refractivity contribution in [1.82, 2.24) is 20.4 Å². The third-order valence-electron chi connectivity index (χ3n) is 2.86. The van der Waals surface area contributed by atoms with Gasteiger partial charge in [0.1, 0.15) is 0 Å². The van der Waals surface area contributed by atoms with E-state index in [0.29, 0.717) is 18.3 Å². The molecule has 6 heteroatoms. The second-order valence-electron chi connectivity index (χ2n) is 4.70. The summed E-state index contributed by atoms with van der Waals surface area (Å²) in [5.74, 6) is 0.948. The van der Waals surface area contributed by atoms with Gasteiger partial charge in [-0.2, -0.15) is 0 Å². The van der Waals surface area contributed by atoms with Crippen LogP contribution in [0.25, 0.3) is 11.5 Å². The van der Waals surface area contributed by atoms with E-state index in [0.717, 1.165) is 5.56 Å². The van der Waals surface area contributed by atoms with Crippen LogP contribution in [0.3, 0.4) is 0 Å². The summed E-state index contributed by atoms with van der Waals surface area (Å²) in [4.78, 5) is 13.2. The number of nitrogens with one attached hydrogen (secondary N) is 1. The molecule has 0 saturated heterocycles. The van der Waals surface area contributed by atoms with Crippen molar-refractivity contribution in [1.29, 1.82) is 0 Å². The normalized spacial score (nSPS) is 12.2. The van der Waals surface area contributed by atoms with Gasteiger partial charge in [0, 0.05) is 19.7 Å². The predicted molar refractivity (Wildman–Crippen MR) is 74.7 cm³/mol. The minimum Gasteiger partial charge on any atom is -0.419 e. The van der Waals surface area contributed by atoms with Gasteiger partial charge in [-0.1, -0.05) is 18.2 Å². The Hall–Kier alpha value is -2.21. The van der Waals surface area contributed by atoms with Gasteiger partial charge in [-0.25, -0.2) is 0 Å². The molecule has 6 nitrogen and oxygen atoms in total. The van der Waals surface area contributed by atoms with E-state index in [1.165, 1.54) is 0 Å². The molecule has 0 fully saturated rings. The second kappa shape index (κ2) is 6.29. The molecule has 20 heavy (non-hydrogen) atoms. The van der Waals surface area contributed by atoms with Crippen molar-refractivity contribution < 1.29 is 9.21 Å². The van der Waals surface area contributed by atoms with Gasteiger partial charge in [-0.3, -0.25) is 10.1 Å². The number of carbonyl (C=O) groups excluding carboxylic acids is 1. The molecule has 1 heterocycles. The monoisotopic (exact) mass is 274 g/mol. The quantitative estimate of drug-likeness (QED) is 0.890. The van der Waals surface area contributed by atoms with E-state index in [1.54, 1.807) is 25.9 Å². The molecular formula is C14H18N4O2. The fourth-order valence-corrected chi connectivity index (χ4v) is 1.74. The summed E-state index contributed by atoms with van der Waals surface area (Å²) in [5, 5.41) is 11.0. The minimum atomic E-state index is -0.294. The van der Waals surface area contributed by atoms with Crippen molar-refractivity contribution in [2.75, 3.05) is 14.1 Å². The van der Waals surface area contributed by atoms with Gasteiger partial charge >= 0.3 is 0 Å². The number of nitrogens with zero attached hydrogens (tertiary/aromatic N) is 3. The summed E-state index contributed by atoms with van der Waals surface area (Å²) in [6, 6.07) is 9.27. The first-order valence-corrected chi connectivity index (χ1v) is 6.40. The van der Waals surface area contributed by atoms with Crippen LogP contribution in [-0.4, -0.2) is 41.1 Å². The Morgan fingerprint density at radius 1 is 1.30 bits per heavy atom. The molecule has 1 atom stereocenters. The number of carbonyl (C=O) groups is 1. The SMILES string of the molecule is CC(NCc1nnc(-c2ccccc2)o1)C(=O)N(C)C. The molecule has 2 aromatic rings. The Labute approximate surface area is 117 Å². The maximum Gasteiger partial charge on any atom is 0.247 e. The first-order chi connectivity index (χ1) is 9.58. The van der Waals surface area contributed by atoms with E-state index in [1.807, 2.05) is 30.3 Å². The van der Waals surface area contributed by atoms with Crippen LogP contribution in [0.1, 0.15) is 12.8 Å². The molecule has 0 aliphatic heterocycles. The van der Waals surface area contributed by atoms with Gasteiger partial charge in [0.05, 0.1) is 12.6 Å². The highest BCUT2D eigenvalue weighted by Crippen LogP contribution is 2.16. The average molecular weight is 274 g/mol. The molecule has 1 unspecified atom stereocenters. The van der Waals surface area contributed by atoms with Crippen molar-refractivity contribution in [2.24, 2.45) is 0 Å². The zero-order valence-corrected chi connectivity index (χ0v) is 11.8. The molecule has 0 aliphatic carbocycles. The zero-order valence-electron chi connectivity index (χ0n) is 11.8. The van der Waals surface area contributed by atoms with Crippen LogP contribution < -0.4 is 5.32 Å². The maximum absolute atomic E-state index is 11.7. The van der Waals surface area contributed by atoms with Gasteiger partial charge in [-0.05, 0) is 19.1 Å². The summed E-state index contributed by atoms with van der Waals surface area (Å²) >= 11 is 0. The molecular weight excluding hydrogens is 256 g/mol. The highest BCUT2D eigenvalue weighted by molar-refractivity contribution is 5.80. The molecule has 0 spiro atoms. The predicted octanol–water partition coefficient (Wildman–Crippen LogP) is 1.30. The standard InChI is InChI=1S/C14H18N4O2/c1-10(14(19)18(2)3)15-9-12-16-17-13(20-12)11-7-5-4-6-8-11/h4-8,10,15H,9H2,1-3H3. The number of likely N-dealkylation sites (N-methyl/N-ethyl adjacent to an activating group) is 1. The van der Waals surface area contributed by atoms with E-state index in [9.17, 15) is 4.79 Å². The molecule has 1 N–H and O–H groups in total. The topological polar surface area (TPSA) is 71.3 Å². The fourth-order valence-electron chi connectivity index (χ4n) is 1.74. The molecule has 0 radical (unpaired) electrons. The van der Waals surface area contributed by atoms with E-state index < -0.39 is 0 Å². The van der Waals surface area contributed by atoms with Crippen LogP contribution in [-0.2, 0) is 11.3 Å². The molecule has 1 aromatic carbocycles. The lowest BCUT2D eigenvalue weighted by Crippen LogP contribution is -2.41. The van der Waals surface area contributed by atoms with Crippen molar-refractivity contribution in [2.45, 2.75) is 19.5 Å². The van der Waals surface area contributed by atoms with Crippen LogP contribution in [0.15, 0.2) is 34.7 Å². The van der Waals surface area contributed by atoms with Gasteiger partial charge in [-0.15, -0.1) is 10.2 Å². The van der Waals surface area contributed by atoms with Crippen LogP contribution in [0.5, 0.6) is 0 Å².